The van der Waals surface area contributed by atoms with Gasteiger partial charge in [0, 0.05) is 29.0 Å². The second kappa shape index (κ2) is 6.85. The Labute approximate surface area is 127 Å². The van der Waals surface area contributed by atoms with Gasteiger partial charge in [0.15, 0.2) is 0 Å². The number of unbranched alkanes of at least 4 members (excludes halogenated alkanes) is 1. The third kappa shape index (κ3) is 4.14. The van der Waals surface area contributed by atoms with Crippen molar-refractivity contribution in [1.29, 1.82) is 0 Å². The smallest absolute Gasteiger partial charge is 0.330 e. The summed E-state index contributed by atoms with van der Waals surface area (Å²) < 4.78 is 0. The lowest BCUT2D eigenvalue weighted by molar-refractivity contribution is -0.197. The Hall–Kier alpha value is -1.69. The minimum atomic E-state index is -0.517. The van der Waals surface area contributed by atoms with Gasteiger partial charge in [0.2, 0.25) is 0 Å². The normalized spacial score (nSPS) is 14.9. The molecule has 2 heterocycles. The highest BCUT2D eigenvalue weighted by Gasteiger charge is 2.32. The number of hydrogen-bond acceptors (Lipinski definition) is 5. The van der Waals surface area contributed by atoms with Crippen LogP contribution in [0.5, 0.6) is 0 Å². The molecule has 1 aliphatic heterocycles. The lowest BCUT2D eigenvalue weighted by Gasteiger charge is -2.12. The van der Waals surface area contributed by atoms with Crippen LogP contribution in [0.1, 0.15) is 47.4 Å². The largest absolute Gasteiger partial charge is 0.333 e. The molecule has 1 saturated heterocycles. The van der Waals surface area contributed by atoms with E-state index >= 15 is 0 Å². The molecule has 0 unspecified atom stereocenters. The summed E-state index contributed by atoms with van der Waals surface area (Å²) in [4.78, 5) is 41.6. The van der Waals surface area contributed by atoms with Crippen LogP contribution in [0, 0.1) is 13.8 Å². The highest BCUT2D eigenvalue weighted by molar-refractivity contribution is 7.12. The number of aryl methyl sites for hydroxylation is 3. The van der Waals surface area contributed by atoms with Crippen molar-refractivity contribution in [2.45, 2.75) is 52.4 Å². The van der Waals surface area contributed by atoms with Gasteiger partial charge in [0.1, 0.15) is 0 Å². The van der Waals surface area contributed by atoms with E-state index in [9.17, 15) is 14.4 Å². The van der Waals surface area contributed by atoms with Crippen molar-refractivity contribution in [3.05, 3.63) is 21.4 Å². The number of rotatable bonds is 6. The van der Waals surface area contributed by atoms with Crippen molar-refractivity contribution in [2.24, 2.45) is 0 Å². The van der Waals surface area contributed by atoms with Crippen molar-refractivity contribution in [2.75, 3.05) is 0 Å². The summed E-state index contributed by atoms with van der Waals surface area (Å²) in [5.74, 6) is -1.38. The molecule has 1 aromatic heterocycles. The number of amides is 2. The maximum Gasteiger partial charge on any atom is 0.333 e. The molecule has 114 valence electrons. The van der Waals surface area contributed by atoms with Gasteiger partial charge in [-0.15, -0.1) is 16.4 Å². The Balaban J connectivity index is 1.69. The molecule has 1 aromatic rings. The number of imide groups is 1. The molecular weight excluding hydrogens is 290 g/mol. The Bertz CT molecular complexity index is 548. The molecule has 5 nitrogen and oxygen atoms in total. The van der Waals surface area contributed by atoms with Gasteiger partial charge in [-0.05, 0) is 44.7 Å². The van der Waals surface area contributed by atoms with E-state index in [1.54, 1.807) is 11.3 Å². The number of nitrogens with zero attached hydrogens (tertiary/aromatic N) is 1. The monoisotopic (exact) mass is 309 g/mol. The van der Waals surface area contributed by atoms with Crippen LogP contribution in [-0.4, -0.2) is 22.8 Å². The molecule has 0 atom stereocenters. The molecule has 1 fully saturated rings. The Morgan fingerprint density at radius 2 is 1.90 bits per heavy atom. The van der Waals surface area contributed by atoms with Gasteiger partial charge in [-0.1, -0.05) is 0 Å². The molecule has 0 aliphatic carbocycles. The van der Waals surface area contributed by atoms with Crippen molar-refractivity contribution in [3.63, 3.8) is 0 Å². The van der Waals surface area contributed by atoms with Crippen LogP contribution in [0.4, 0.5) is 0 Å². The lowest BCUT2D eigenvalue weighted by atomic mass is 10.1. The summed E-state index contributed by atoms with van der Waals surface area (Å²) in [6.07, 6.45) is 2.98. The van der Waals surface area contributed by atoms with Gasteiger partial charge < -0.3 is 4.84 Å². The third-order valence-electron chi connectivity index (χ3n) is 3.42. The molecule has 2 amide bonds. The fourth-order valence-corrected chi connectivity index (χ4v) is 3.30. The van der Waals surface area contributed by atoms with Crippen LogP contribution in [0.15, 0.2) is 6.07 Å². The van der Waals surface area contributed by atoms with E-state index in [0.29, 0.717) is 11.5 Å². The van der Waals surface area contributed by atoms with Crippen LogP contribution in [0.2, 0.25) is 0 Å². The van der Waals surface area contributed by atoms with E-state index in [1.807, 2.05) is 0 Å². The zero-order chi connectivity index (χ0) is 15.4. The van der Waals surface area contributed by atoms with Crippen molar-refractivity contribution >= 4 is 29.1 Å². The summed E-state index contributed by atoms with van der Waals surface area (Å²) >= 11 is 1.78. The molecule has 1 aliphatic rings. The molecule has 2 rings (SSSR count). The number of carbonyl (C=O) groups is 3. The zero-order valence-corrected chi connectivity index (χ0v) is 13.1. The highest BCUT2D eigenvalue weighted by Crippen LogP contribution is 2.22. The summed E-state index contributed by atoms with van der Waals surface area (Å²) in [6.45, 7) is 4.19. The fraction of sp³-hybridized carbons (Fsp3) is 0.533. The van der Waals surface area contributed by atoms with Crippen molar-refractivity contribution < 1.29 is 19.2 Å². The Morgan fingerprint density at radius 3 is 2.48 bits per heavy atom. The number of thiophene rings is 1. The highest BCUT2D eigenvalue weighted by atomic mass is 32.1. The molecule has 0 N–H and O–H groups in total. The van der Waals surface area contributed by atoms with E-state index in [-0.39, 0.29) is 19.3 Å². The van der Waals surface area contributed by atoms with Crippen molar-refractivity contribution in [1.82, 2.24) is 5.06 Å². The summed E-state index contributed by atoms with van der Waals surface area (Å²) in [5, 5.41) is 0.606. The Kier molecular flexibility index (Phi) is 5.12. The summed E-state index contributed by atoms with van der Waals surface area (Å²) in [7, 11) is 0. The maximum atomic E-state index is 11.6. The third-order valence-corrected chi connectivity index (χ3v) is 4.43. The molecule has 21 heavy (non-hydrogen) atoms. The topological polar surface area (TPSA) is 63.7 Å². The first kappa shape index (κ1) is 15.7. The molecular formula is C15H19NO4S. The van der Waals surface area contributed by atoms with E-state index in [0.717, 1.165) is 12.8 Å². The van der Waals surface area contributed by atoms with Gasteiger partial charge in [0.25, 0.3) is 11.8 Å². The molecule has 0 aromatic carbocycles. The van der Waals surface area contributed by atoms with Gasteiger partial charge >= 0.3 is 5.97 Å². The van der Waals surface area contributed by atoms with Gasteiger partial charge in [-0.3, -0.25) is 9.59 Å². The van der Waals surface area contributed by atoms with Crippen LogP contribution in [0.25, 0.3) is 0 Å². The van der Waals surface area contributed by atoms with Gasteiger partial charge in [0.05, 0.1) is 0 Å². The van der Waals surface area contributed by atoms with E-state index < -0.39 is 17.8 Å². The first-order chi connectivity index (χ1) is 9.97. The maximum absolute atomic E-state index is 11.6. The summed E-state index contributed by atoms with van der Waals surface area (Å²) in [5.41, 5.74) is 1.33. The van der Waals surface area contributed by atoms with Crippen LogP contribution < -0.4 is 0 Å². The molecule has 0 bridgehead atoms. The lowest BCUT2D eigenvalue weighted by Crippen LogP contribution is -2.31. The molecule has 0 saturated carbocycles. The number of hydroxylamine groups is 2. The van der Waals surface area contributed by atoms with Gasteiger partial charge in [-0.25, -0.2) is 4.79 Å². The standard InChI is InChI=1S/C15H19NO4S/c1-10-9-12(11(2)21-10)5-3-4-6-15(19)20-16-13(17)7-8-14(16)18/h9H,3-8H2,1-2H3. The SMILES string of the molecule is Cc1cc(CCCCC(=O)ON2C(=O)CCC2=O)c(C)s1. The predicted octanol–water partition coefficient (Wildman–Crippen LogP) is 2.68. The summed E-state index contributed by atoms with van der Waals surface area (Å²) in [6, 6.07) is 2.18. The quantitative estimate of drug-likeness (QED) is 0.598. The fourth-order valence-electron chi connectivity index (χ4n) is 2.32. The van der Waals surface area contributed by atoms with E-state index in [1.165, 1.54) is 15.3 Å². The number of carbonyl (C=O) groups excluding carboxylic acids is 3. The van der Waals surface area contributed by atoms with E-state index in [4.69, 9.17) is 4.84 Å². The first-order valence-corrected chi connectivity index (χ1v) is 7.91. The second-order valence-corrected chi connectivity index (χ2v) is 6.65. The average molecular weight is 309 g/mol. The molecule has 6 heteroatoms. The average Bonchev–Trinajstić information content (AvgIpc) is 2.91. The van der Waals surface area contributed by atoms with Gasteiger partial charge in [-0.2, -0.15) is 0 Å². The molecule has 0 radical (unpaired) electrons. The Morgan fingerprint density at radius 1 is 1.24 bits per heavy atom. The first-order valence-electron chi connectivity index (χ1n) is 7.10. The van der Waals surface area contributed by atoms with Crippen molar-refractivity contribution in [3.8, 4) is 0 Å². The van der Waals surface area contributed by atoms with E-state index in [2.05, 4.69) is 19.9 Å². The predicted molar refractivity (Wildman–Crippen MR) is 78.5 cm³/mol. The minimum Gasteiger partial charge on any atom is -0.330 e. The van der Waals surface area contributed by atoms with Crippen LogP contribution >= 0.6 is 11.3 Å². The number of hydrogen-bond donors (Lipinski definition) is 0. The van der Waals surface area contributed by atoms with Crippen LogP contribution in [-0.2, 0) is 25.6 Å². The minimum absolute atomic E-state index is 0.128. The second-order valence-electron chi connectivity index (χ2n) is 5.19. The molecule has 0 spiro atoms. The van der Waals surface area contributed by atoms with Crippen LogP contribution in [0.3, 0.4) is 0 Å². The zero-order valence-electron chi connectivity index (χ0n) is 12.3.